The van der Waals surface area contributed by atoms with Crippen LogP contribution in [0.15, 0.2) is 47.3 Å². The van der Waals surface area contributed by atoms with Gasteiger partial charge in [0.2, 0.25) is 5.91 Å². The Morgan fingerprint density at radius 1 is 1.18 bits per heavy atom. The zero-order chi connectivity index (χ0) is 29.0. The van der Waals surface area contributed by atoms with E-state index in [1.807, 2.05) is 31.2 Å². The number of rotatable bonds is 6. The second-order valence-electron chi connectivity index (χ2n) is 11.4. The van der Waals surface area contributed by atoms with E-state index < -0.39 is 40.5 Å². The van der Waals surface area contributed by atoms with Crippen molar-refractivity contribution in [2.45, 2.75) is 77.1 Å². The Balaban J connectivity index is 1.43. The van der Waals surface area contributed by atoms with Crippen LogP contribution in [-0.2, 0) is 10.3 Å². The fourth-order valence-electron chi connectivity index (χ4n) is 6.23. The molecule has 5 rings (SSSR count). The van der Waals surface area contributed by atoms with Gasteiger partial charge in [-0.2, -0.15) is 5.10 Å². The van der Waals surface area contributed by atoms with Gasteiger partial charge >= 0.3 is 5.56 Å². The summed E-state index contributed by atoms with van der Waals surface area (Å²) in [5.74, 6) is -2.00. The summed E-state index contributed by atoms with van der Waals surface area (Å²) in [7, 11) is 0. The van der Waals surface area contributed by atoms with Crippen LogP contribution in [0.2, 0.25) is 0 Å². The molecule has 3 aromatic rings. The minimum absolute atomic E-state index is 0.0195. The number of aliphatic hydroxyl groups is 1. The normalized spacial score (nSPS) is 22.4. The van der Waals surface area contributed by atoms with E-state index in [2.05, 4.69) is 15.5 Å². The van der Waals surface area contributed by atoms with Gasteiger partial charge < -0.3 is 20.1 Å². The number of ether oxygens (including phenoxy) is 1. The first-order chi connectivity index (χ1) is 18.8. The molecular weight excluding hydrogens is 515 g/mol. The molecule has 10 heteroatoms. The molecule has 40 heavy (non-hydrogen) atoms. The zero-order valence-electron chi connectivity index (χ0n) is 23.2. The van der Waals surface area contributed by atoms with Crippen LogP contribution >= 0.6 is 0 Å². The monoisotopic (exact) mass is 548 g/mol. The largest absolute Gasteiger partial charge is 0.448 e. The maximum atomic E-state index is 15.1. The molecule has 9 nitrogen and oxygen atoms in total. The van der Waals surface area contributed by atoms with E-state index in [9.17, 15) is 19.5 Å². The van der Waals surface area contributed by atoms with Crippen molar-refractivity contribution in [1.82, 2.24) is 20.4 Å². The van der Waals surface area contributed by atoms with E-state index in [4.69, 9.17) is 4.74 Å². The number of amides is 2. The number of carbonyl (C=O) groups excluding carboxylic acids is 2. The third-order valence-corrected chi connectivity index (χ3v) is 8.05. The van der Waals surface area contributed by atoms with Gasteiger partial charge in [-0.05, 0) is 76.3 Å². The molecule has 0 bridgehead atoms. The molecule has 210 valence electrons. The number of halogens is 1. The average molecular weight is 549 g/mol. The van der Waals surface area contributed by atoms with Crippen molar-refractivity contribution < 1.29 is 23.8 Å². The van der Waals surface area contributed by atoms with Crippen molar-refractivity contribution in [1.29, 1.82) is 0 Å². The van der Waals surface area contributed by atoms with Gasteiger partial charge in [0.05, 0.1) is 22.9 Å². The van der Waals surface area contributed by atoms with Crippen molar-refractivity contribution in [3.8, 4) is 11.5 Å². The van der Waals surface area contributed by atoms with E-state index in [1.165, 1.54) is 12.1 Å². The summed E-state index contributed by atoms with van der Waals surface area (Å²) >= 11 is 0. The van der Waals surface area contributed by atoms with Crippen molar-refractivity contribution in [3.63, 3.8) is 0 Å². The molecule has 3 N–H and O–H groups in total. The number of fused-ring (bicyclic) bond motifs is 1. The van der Waals surface area contributed by atoms with Crippen molar-refractivity contribution in [2.24, 2.45) is 0 Å². The first-order valence-electron chi connectivity index (χ1n) is 13.3. The van der Waals surface area contributed by atoms with Crippen LogP contribution in [0.3, 0.4) is 0 Å². The summed E-state index contributed by atoms with van der Waals surface area (Å²) in [5.41, 5.74) is 0.418. The van der Waals surface area contributed by atoms with Crippen LogP contribution < -0.4 is 15.6 Å². The molecule has 2 aliphatic rings. The summed E-state index contributed by atoms with van der Waals surface area (Å²) in [6, 6.07) is 10.5. The maximum absolute atomic E-state index is 15.1. The van der Waals surface area contributed by atoms with Crippen LogP contribution in [0.25, 0.3) is 0 Å². The first-order valence-corrected chi connectivity index (χ1v) is 13.3. The number of nitrogens with one attached hydrogen (secondary N) is 2. The molecule has 0 spiro atoms. The molecule has 3 atom stereocenters. The Labute approximate surface area is 231 Å². The average Bonchev–Trinajstić information content (AvgIpc) is 3.39. The van der Waals surface area contributed by atoms with E-state index >= 15 is 4.39 Å². The minimum Gasteiger partial charge on any atom is -0.448 e. The molecule has 0 radical (unpaired) electrons. The van der Waals surface area contributed by atoms with Crippen LogP contribution in [0, 0.1) is 26.6 Å². The van der Waals surface area contributed by atoms with Gasteiger partial charge in [-0.1, -0.05) is 24.3 Å². The Morgan fingerprint density at radius 3 is 2.58 bits per heavy atom. The van der Waals surface area contributed by atoms with Crippen LogP contribution in [0.5, 0.6) is 11.5 Å². The number of aromatic amines is 1. The molecule has 2 fully saturated rings. The lowest BCUT2D eigenvalue weighted by molar-refractivity contribution is -0.138. The highest BCUT2D eigenvalue weighted by Crippen LogP contribution is 2.53. The highest BCUT2D eigenvalue weighted by atomic mass is 19.1. The van der Waals surface area contributed by atoms with E-state index in [0.717, 1.165) is 17.2 Å². The van der Waals surface area contributed by atoms with Crippen LogP contribution in [-0.4, -0.2) is 49.7 Å². The Morgan fingerprint density at radius 2 is 1.90 bits per heavy atom. The second-order valence-corrected chi connectivity index (χ2v) is 11.4. The molecule has 2 saturated heterocycles. The number of hydrogen-bond donors (Lipinski definition) is 3. The molecule has 0 aliphatic carbocycles. The number of hydrogen-bond acceptors (Lipinski definition) is 6. The SMILES string of the molecule is Cc1cc(Oc2c(C)cc(C(=O)N[C@H]3C[C@@]4(c5ccccc5C)CC[C@H](C(C)(C)O)N4C3=O)cc2F)c(=O)[nH]n1. The number of aryl methyl sites for hydroxylation is 3. The number of H-pyrrole nitrogens is 1. The standard InChI is InChI=1S/C30H33FN4O5/c1-16-8-6-7-9-20(16)30-11-10-24(29(4,5)39)35(30)28(38)22(15-30)32-26(36)19-12-17(2)25(21(31)14-19)40-23-13-18(3)33-34-27(23)37/h6-9,12-14,22,24,39H,10-11,15H2,1-5H3,(H,32,36)(H,34,37)/t22-,24+,30+/m0/s1. The quantitative estimate of drug-likeness (QED) is 0.431. The second kappa shape index (κ2) is 9.85. The fourth-order valence-corrected chi connectivity index (χ4v) is 6.23. The van der Waals surface area contributed by atoms with E-state index in [1.54, 1.807) is 32.6 Å². The molecule has 3 heterocycles. The molecule has 2 aromatic carbocycles. The van der Waals surface area contributed by atoms with Gasteiger partial charge in [0.1, 0.15) is 6.04 Å². The summed E-state index contributed by atoms with van der Waals surface area (Å²) in [6.07, 6.45) is 1.62. The summed E-state index contributed by atoms with van der Waals surface area (Å²) in [5, 5.41) is 19.8. The summed E-state index contributed by atoms with van der Waals surface area (Å²) in [4.78, 5) is 40.9. The third kappa shape index (κ3) is 4.66. The first kappa shape index (κ1) is 27.5. The Kier molecular flexibility index (Phi) is 6.78. The maximum Gasteiger partial charge on any atom is 0.307 e. The van der Waals surface area contributed by atoms with Gasteiger partial charge in [-0.15, -0.1) is 0 Å². The molecular formula is C30H33FN4O5. The molecule has 0 unspecified atom stereocenters. The van der Waals surface area contributed by atoms with Crippen LogP contribution in [0.1, 0.15) is 65.9 Å². The number of nitrogens with zero attached hydrogens (tertiary/aromatic N) is 2. The lowest BCUT2D eigenvalue weighted by Gasteiger charge is -2.40. The smallest absolute Gasteiger partial charge is 0.307 e. The highest BCUT2D eigenvalue weighted by molar-refractivity contribution is 5.99. The molecule has 2 aliphatic heterocycles. The predicted molar refractivity (Wildman–Crippen MR) is 146 cm³/mol. The van der Waals surface area contributed by atoms with Crippen molar-refractivity contribution in [3.05, 3.63) is 86.6 Å². The zero-order valence-corrected chi connectivity index (χ0v) is 23.2. The van der Waals surface area contributed by atoms with Gasteiger partial charge in [-0.25, -0.2) is 9.49 Å². The Hall–Kier alpha value is -4.05. The van der Waals surface area contributed by atoms with Gasteiger partial charge in [-0.3, -0.25) is 14.4 Å². The van der Waals surface area contributed by atoms with Gasteiger partial charge in [0.15, 0.2) is 17.3 Å². The number of benzene rings is 2. The van der Waals surface area contributed by atoms with Crippen molar-refractivity contribution >= 4 is 11.8 Å². The third-order valence-electron chi connectivity index (χ3n) is 8.05. The summed E-state index contributed by atoms with van der Waals surface area (Å²) < 4.78 is 20.7. The highest BCUT2D eigenvalue weighted by Gasteiger charge is 2.60. The molecule has 0 saturated carbocycles. The van der Waals surface area contributed by atoms with Crippen molar-refractivity contribution in [2.75, 3.05) is 0 Å². The van der Waals surface area contributed by atoms with Gasteiger partial charge in [0, 0.05) is 18.1 Å². The molecule has 2 amide bonds. The minimum atomic E-state index is -1.13. The lowest BCUT2D eigenvalue weighted by Crippen LogP contribution is -2.53. The topological polar surface area (TPSA) is 125 Å². The lowest BCUT2D eigenvalue weighted by atomic mass is 9.82. The van der Waals surface area contributed by atoms with E-state index in [0.29, 0.717) is 30.5 Å². The van der Waals surface area contributed by atoms with E-state index in [-0.39, 0.29) is 23.0 Å². The fraction of sp³-hybridized carbons (Fsp3) is 0.400. The van der Waals surface area contributed by atoms with Gasteiger partial charge in [0.25, 0.3) is 5.91 Å². The molecule has 1 aromatic heterocycles. The Bertz CT molecular complexity index is 1540. The number of aromatic nitrogens is 2. The van der Waals surface area contributed by atoms with Crippen LogP contribution in [0.4, 0.5) is 4.39 Å². The summed E-state index contributed by atoms with van der Waals surface area (Å²) in [6.45, 7) is 8.60. The number of carbonyl (C=O) groups is 2. The predicted octanol–water partition coefficient (Wildman–Crippen LogP) is 3.79.